The normalized spacial score (nSPS) is 16.5. The van der Waals surface area contributed by atoms with E-state index in [4.69, 9.17) is 23.2 Å². The van der Waals surface area contributed by atoms with Gasteiger partial charge >= 0.3 is 0 Å². The van der Waals surface area contributed by atoms with Crippen molar-refractivity contribution < 1.29 is 4.79 Å². The van der Waals surface area contributed by atoms with Crippen LogP contribution in [0.15, 0.2) is 30.5 Å². The zero-order valence-electron chi connectivity index (χ0n) is 18.8. The fourth-order valence-electron chi connectivity index (χ4n) is 4.21. The molecule has 0 amide bonds. The van der Waals surface area contributed by atoms with Crippen molar-refractivity contribution in [1.82, 2.24) is 25.1 Å². The van der Waals surface area contributed by atoms with Crippen molar-refractivity contribution >= 4 is 47.1 Å². The second kappa shape index (κ2) is 10.8. The highest BCUT2D eigenvalue weighted by atomic mass is 35.5. The maximum absolute atomic E-state index is 13.0. The Hall–Kier alpha value is -2.19. The van der Waals surface area contributed by atoms with Crippen LogP contribution in [0.2, 0.25) is 10.0 Å². The number of ketones is 1. The van der Waals surface area contributed by atoms with E-state index in [0.717, 1.165) is 36.7 Å². The first-order valence-electron chi connectivity index (χ1n) is 10.7. The molecular formula is C23H27Cl3N6O. The van der Waals surface area contributed by atoms with Gasteiger partial charge in [-0.3, -0.25) is 14.8 Å². The highest BCUT2D eigenvalue weighted by molar-refractivity contribution is 6.43. The van der Waals surface area contributed by atoms with E-state index in [9.17, 15) is 4.79 Å². The summed E-state index contributed by atoms with van der Waals surface area (Å²) in [5, 5.41) is 8.19. The fourth-order valence-corrected chi connectivity index (χ4v) is 4.61. The molecule has 1 atom stereocenters. The first kappa shape index (κ1) is 25.4. The lowest BCUT2D eigenvalue weighted by Crippen LogP contribution is -2.52. The molecule has 176 valence electrons. The molecule has 0 spiro atoms. The first-order chi connectivity index (χ1) is 15.3. The minimum absolute atomic E-state index is 0. The first-order valence-corrected chi connectivity index (χ1v) is 11.4. The molecular weight excluding hydrogens is 483 g/mol. The van der Waals surface area contributed by atoms with Crippen LogP contribution in [0.5, 0.6) is 0 Å². The summed E-state index contributed by atoms with van der Waals surface area (Å²) in [6, 6.07) is 7.87. The van der Waals surface area contributed by atoms with Crippen molar-refractivity contribution in [3.05, 3.63) is 57.5 Å². The topological polar surface area (TPSA) is 78.0 Å². The highest BCUT2D eigenvalue weighted by Gasteiger charge is 2.26. The molecule has 1 saturated heterocycles. The molecule has 0 aliphatic carbocycles. The number of carbonyl (C=O) groups excluding carboxylic acids is 1. The monoisotopic (exact) mass is 508 g/mol. The molecule has 1 fully saturated rings. The van der Waals surface area contributed by atoms with E-state index in [1.54, 1.807) is 12.3 Å². The van der Waals surface area contributed by atoms with Gasteiger partial charge in [-0.05, 0) is 39.0 Å². The number of hydrogen-bond donors (Lipinski definition) is 1. The number of aryl methyl sites for hydroxylation is 2. The lowest BCUT2D eigenvalue weighted by Gasteiger charge is -2.41. The minimum atomic E-state index is 0. The van der Waals surface area contributed by atoms with E-state index in [2.05, 4.69) is 36.9 Å². The van der Waals surface area contributed by atoms with Gasteiger partial charge in [0.25, 0.3) is 0 Å². The molecule has 1 unspecified atom stereocenters. The third-order valence-corrected chi connectivity index (χ3v) is 6.55. The summed E-state index contributed by atoms with van der Waals surface area (Å²) in [6.07, 6.45) is 2.04. The number of piperazine rings is 1. The zero-order chi connectivity index (χ0) is 22.8. The smallest absolute Gasteiger partial charge is 0.181 e. The van der Waals surface area contributed by atoms with Gasteiger partial charge in [0.2, 0.25) is 0 Å². The van der Waals surface area contributed by atoms with E-state index in [1.807, 2.05) is 32.0 Å². The standard InChI is InChI=1S/C23H26Cl2N6O.ClH/c1-14-11-15(2)28-23(27-14)22-17(12-26-29-22)20(32)7-8-30-9-10-31(16(3)13-30)19-6-4-5-18(24)21(19)25;/h4-6,11-12,16H,7-10,13H2,1-3H3,(H,26,29);1H. The maximum Gasteiger partial charge on any atom is 0.181 e. The molecule has 2 aromatic heterocycles. The van der Waals surface area contributed by atoms with Gasteiger partial charge in [0.05, 0.1) is 21.3 Å². The fraction of sp³-hybridized carbons (Fsp3) is 0.391. The zero-order valence-corrected chi connectivity index (χ0v) is 21.1. The molecule has 33 heavy (non-hydrogen) atoms. The number of nitrogens with zero attached hydrogens (tertiary/aromatic N) is 5. The van der Waals surface area contributed by atoms with Crippen molar-refractivity contribution in [3.63, 3.8) is 0 Å². The van der Waals surface area contributed by atoms with Crippen molar-refractivity contribution in [2.75, 3.05) is 31.1 Å². The average Bonchev–Trinajstić information content (AvgIpc) is 3.24. The van der Waals surface area contributed by atoms with E-state index < -0.39 is 0 Å². The van der Waals surface area contributed by atoms with Crippen LogP contribution in [0.25, 0.3) is 11.5 Å². The molecule has 3 heterocycles. The SMILES string of the molecule is Cc1cc(C)nc(-c2n[nH]cc2C(=O)CCN2CCN(c3cccc(Cl)c3Cl)C(C)C2)n1.Cl. The molecule has 4 rings (SSSR count). The number of aromatic nitrogens is 4. The van der Waals surface area contributed by atoms with Crippen LogP contribution in [0.4, 0.5) is 5.69 Å². The summed E-state index contributed by atoms with van der Waals surface area (Å²) in [7, 11) is 0. The average molecular weight is 510 g/mol. The summed E-state index contributed by atoms with van der Waals surface area (Å²) in [4.78, 5) is 26.5. The molecule has 7 nitrogen and oxygen atoms in total. The van der Waals surface area contributed by atoms with Gasteiger partial charge in [-0.25, -0.2) is 9.97 Å². The molecule has 1 aliphatic heterocycles. The Kier molecular flexibility index (Phi) is 8.34. The van der Waals surface area contributed by atoms with Gasteiger partial charge in [0.1, 0.15) is 5.69 Å². The van der Waals surface area contributed by atoms with Crippen LogP contribution in [0.1, 0.15) is 35.1 Å². The predicted octanol–water partition coefficient (Wildman–Crippen LogP) is 5.00. The van der Waals surface area contributed by atoms with E-state index in [0.29, 0.717) is 40.1 Å². The Balaban J connectivity index is 0.00000306. The number of aromatic amines is 1. The van der Waals surface area contributed by atoms with Crippen LogP contribution >= 0.6 is 35.6 Å². The van der Waals surface area contributed by atoms with E-state index in [-0.39, 0.29) is 24.2 Å². The lowest BCUT2D eigenvalue weighted by molar-refractivity contribution is 0.0959. The Morgan fingerprint density at radius 2 is 1.91 bits per heavy atom. The molecule has 3 aromatic rings. The summed E-state index contributed by atoms with van der Waals surface area (Å²) in [5.41, 5.74) is 3.70. The molecule has 1 aromatic carbocycles. The van der Waals surface area contributed by atoms with Crippen LogP contribution in [-0.2, 0) is 0 Å². The molecule has 1 N–H and O–H groups in total. The molecule has 0 radical (unpaired) electrons. The van der Waals surface area contributed by atoms with Gasteiger partial charge in [-0.15, -0.1) is 12.4 Å². The Morgan fingerprint density at radius 3 is 2.61 bits per heavy atom. The number of halogens is 3. The second-order valence-corrected chi connectivity index (χ2v) is 9.00. The van der Waals surface area contributed by atoms with Gasteiger partial charge in [-0.1, -0.05) is 29.3 Å². The van der Waals surface area contributed by atoms with Gasteiger partial charge < -0.3 is 4.90 Å². The van der Waals surface area contributed by atoms with Crippen LogP contribution in [0.3, 0.4) is 0 Å². The maximum atomic E-state index is 13.0. The van der Waals surface area contributed by atoms with Gasteiger partial charge in [0.15, 0.2) is 11.6 Å². The van der Waals surface area contributed by atoms with Crippen molar-refractivity contribution in [2.45, 2.75) is 33.2 Å². The second-order valence-electron chi connectivity index (χ2n) is 8.21. The van der Waals surface area contributed by atoms with Gasteiger partial charge in [0, 0.05) is 56.2 Å². The Bertz CT molecular complexity index is 1110. The van der Waals surface area contributed by atoms with E-state index in [1.165, 1.54) is 0 Å². The third-order valence-electron chi connectivity index (χ3n) is 5.74. The molecule has 0 saturated carbocycles. The summed E-state index contributed by atoms with van der Waals surface area (Å²) < 4.78 is 0. The number of hydrogen-bond acceptors (Lipinski definition) is 6. The Morgan fingerprint density at radius 1 is 1.18 bits per heavy atom. The number of carbonyl (C=O) groups is 1. The predicted molar refractivity (Wildman–Crippen MR) is 135 cm³/mol. The minimum Gasteiger partial charge on any atom is -0.365 e. The summed E-state index contributed by atoms with van der Waals surface area (Å²) in [6.45, 7) is 9.17. The third kappa shape index (κ3) is 5.66. The lowest BCUT2D eigenvalue weighted by atomic mass is 10.1. The largest absolute Gasteiger partial charge is 0.365 e. The van der Waals surface area contributed by atoms with Crippen molar-refractivity contribution in [3.8, 4) is 11.5 Å². The molecule has 0 bridgehead atoms. The summed E-state index contributed by atoms with van der Waals surface area (Å²) in [5.74, 6) is 0.511. The number of H-pyrrole nitrogens is 1. The quantitative estimate of drug-likeness (QED) is 0.471. The Labute approximate surface area is 209 Å². The number of rotatable bonds is 6. The van der Waals surface area contributed by atoms with Crippen LogP contribution < -0.4 is 4.90 Å². The van der Waals surface area contributed by atoms with E-state index >= 15 is 0 Å². The summed E-state index contributed by atoms with van der Waals surface area (Å²) >= 11 is 12.6. The number of nitrogens with one attached hydrogen (secondary N) is 1. The van der Waals surface area contributed by atoms with Crippen LogP contribution in [0, 0.1) is 13.8 Å². The number of Topliss-reactive ketones (excluding diaryl/α,β-unsaturated/α-hetero) is 1. The number of benzene rings is 1. The van der Waals surface area contributed by atoms with Crippen molar-refractivity contribution in [2.24, 2.45) is 0 Å². The van der Waals surface area contributed by atoms with Crippen LogP contribution in [-0.4, -0.2) is 63.1 Å². The van der Waals surface area contributed by atoms with Gasteiger partial charge in [-0.2, -0.15) is 5.10 Å². The molecule has 10 heteroatoms. The number of anilines is 1. The van der Waals surface area contributed by atoms with Crippen molar-refractivity contribution in [1.29, 1.82) is 0 Å². The highest BCUT2D eigenvalue weighted by Crippen LogP contribution is 2.34. The molecule has 1 aliphatic rings.